The Morgan fingerprint density at radius 1 is 0.635 bits per heavy atom. The number of fused-ring (bicyclic) bond motifs is 1. The Kier molecular flexibility index (Phi) is 22.0. The van der Waals surface area contributed by atoms with E-state index in [9.17, 15) is 68.1 Å². The van der Waals surface area contributed by atoms with E-state index in [1.807, 2.05) is 29.6 Å². The summed E-state index contributed by atoms with van der Waals surface area (Å²) >= 11 is 0. The van der Waals surface area contributed by atoms with Crippen LogP contribution in [0.5, 0.6) is 0 Å². The number of hydrogen-bond acceptors (Lipinski definition) is 12. The second-order valence-corrected chi connectivity index (χ2v) is 19.0. The fraction of sp³-hybridized carbons (Fsp3) is 0.500. The van der Waals surface area contributed by atoms with E-state index in [4.69, 9.17) is 10.8 Å². The number of aromatic amines is 1. The van der Waals surface area contributed by atoms with Gasteiger partial charge in [0.25, 0.3) is 0 Å². The molecule has 24 heteroatoms. The third-order valence-corrected chi connectivity index (χ3v) is 12.3. The van der Waals surface area contributed by atoms with Gasteiger partial charge in [-0.3, -0.25) is 47.9 Å². The summed E-state index contributed by atoms with van der Waals surface area (Å²) in [6.45, 7) is 6.61. The molecule has 3 aromatic rings. The molecule has 2 aromatic carbocycles. The van der Waals surface area contributed by atoms with E-state index in [0.29, 0.717) is 12.0 Å². The molecule has 2 heterocycles. The number of para-hydroxylation sites is 1. The van der Waals surface area contributed by atoms with Crippen LogP contribution in [0.25, 0.3) is 10.9 Å². The number of nitrogens with two attached hydrogens (primary N) is 1. The summed E-state index contributed by atoms with van der Waals surface area (Å²) in [6.07, 6.45) is -0.922. The number of nitrogens with zero attached hydrogens (tertiary/aromatic N) is 1. The Morgan fingerprint density at radius 3 is 1.81 bits per heavy atom. The van der Waals surface area contributed by atoms with Crippen LogP contribution in [0.2, 0.25) is 0 Å². The van der Waals surface area contributed by atoms with Gasteiger partial charge in [-0.05, 0) is 67.6 Å². The maximum Gasteiger partial charge on any atom is 0.326 e. The summed E-state index contributed by atoms with van der Waals surface area (Å²) < 4.78 is 0. The van der Waals surface area contributed by atoms with E-state index in [-0.39, 0.29) is 38.1 Å². The first kappa shape index (κ1) is 58.7. The minimum absolute atomic E-state index is 0.0139. The summed E-state index contributed by atoms with van der Waals surface area (Å²) in [5.74, 6) is -12.9. The Balaban J connectivity index is 1.52. The lowest BCUT2D eigenvalue weighted by Gasteiger charge is -2.31. The molecule has 24 nitrogen and oxygen atoms in total. The molecular weight excluding hydrogens is 967 g/mol. The fourth-order valence-electron chi connectivity index (χ4n) is 8.47. The normalized spacial score (nSPS) is 16.1. The summed E-state index contributed by atoms with van der Waals surface area (Å²) in [5.41, 5.74) is 8.65. The molecule has 1 aliphatic rings. The lowest BCUT2D eigenvalue weighted by atomic mass is 9.99. The van der Waals surface area contributed by atoms with Crippen LogP contribution in [0, 0.1) is 11.8 Å². The number of H-pyrrole nitrogens is 1. The van der Waals surface area contributed by atoms with E-state index in [1.54, 1.807) is 64.2 Å². The SMILES string of the molecule is CC(C)C[C@H](NC(=O)[C@@H]1CCCN1C(=O)[C@H](CCC(=O)O)NC(=O)[C@H](Cc1ccccc1)NC(=O)[C@@H](N)Cc1c[nH]c2ccccc12)C(=O)N[C@H](C(=O)N[C@@H](CCC(=O)O)C(=O)N[C@@H](CC(=O)O)C(=O)O)C(C)C. The average molecular weight is 1030 g/mol. The summed E-state index contributed by atoms with van der Waals surface area (Å²) in [5, 5.41) is 53.3. The second-order valence-electron chi connectivity index (χ2n) is 19.0. The zero-order chi connectivity index (χ0) is 54.8. The van der Waals surface area contributed by atoms with Crippen molar-refractivity contribution in [1.29, 1.82) is 0 Å². The van der Waals surface area contributed by atoms with Crippen molar-refractivity contribution < 1.29 is 73.2 Å². The summed E-state index contributed by atoms with van der Waals surface area (Å²) in [7, 11) is 0. The third-order valence-electron chi connectivity index (χ3n) is 12.3. The van der Waals surface area contributed by atoms with Crippen LogP contribution in [-0.2, 0) is 65.6 Å². The topological polar surface area (TPSA) is 386 Å². The molecular formula is C50H67N9O15. The number of rotatable bonds is 29. The first-order chi connectivity index (χ1) is 34.9. The van der Waals surface area contributed by atoms with E-state index < -0.39 is 152 Å². The van der Waals surface area contributed by atoms with Gasteiger partial charge < -0.3 is 67.9 Å². The van der Waals surface area contributed by atoms with E-state index >= 15 is 0 Å². The Hall–Kier alpha value is -7.89. The Morgan fingerprint density at radius 2 is 1.20 bits per heavy atom. The van der Waals surface area contributed by atoms with Crippen LogP contribution >= 0.6 is 0 Å². The highest BCUT2D eigenvalue weighted by Gasteiger charge is 2.41. The van der Waals surface area contributed by atoms with Gasteiger partial charge in [-0.15, -0.1) is 0 Å². The number of aromatic nitrogens is 1. The van der Waals surface area contributed by atoms with Gasteiger partial charge in [-0.25, -0.2) is 4.79 Å². The highest BCUT2D eigenvalue weighted by atomic mass is 16.4. The first-order valence-electron chi connectivity index (χ1n) is 24.3. The molecule has 74 heavy (non-hydrogen) atoms. The Bertz CT molecular complexity index is 2520. The van der Waals surface area contributed by atoms with Crippen LogP contribution in [0.1, 0.15) is 90.2 Å². The lowest BCUT2D eigenvalue weighted by Crippen LogP contribution is -2.61. The number of hydrogen-bond donors (Lipinski definition) is 12. The lowest BCUT2D eigenvalue weighted by molar-refractivity contribution is -0.147. The molecule has 0 radical (unpaired) electrons. The van der Waals surface area contributed by atoms with E-state index in [0.717, 1.165) is 16.5 Å². The van der Waals surface area contributed by atoms with Crippen molar-refractivity contribution in [3.8, 4) is 0 Å². The number of benzene rings is 2. The molecule has 1 fully saturated rings. The highest BCUT2D eigenvalue weighted by Crippen LogP contribution is 2.22. The maximum absolute atomic E-state index is 14.4. The number of carboxylic acids is 4. The molecule has 402 valence electrons. The van der Waals surface area contributed by atoms with Gasteiger partial charge in [0.1, 0.15) is 42.3 Å². The second kappa shape index (κ2) is 27.8. The van der Waals surface area contributed by atoms with Crippen LogP contribution in [0.15, 0.2) is 60.8 Å². The molecule has 0 aliphatic carbocycles. The van der Waals surface area contributed by atoms with Crippen LogP contribution in [0.3, 0.4) is 0 Å². The van der Waals surface area contributed by atoms with E-state index in [2.05, 4.69) is 31.6 Å². The van der Waals surface area contributed by atoms with Gasteiger partial charge in [-0.1, -0.05) is 76.2 Å². The number of likely N-dealkylation sites (tertiary alicyclic amines) is 1. The highest BCUT2D eigenvalue weighted by molar-refractivity contribution is 5.98. The number of amides is 7. The molecule has 0 saturated carbocycles. The number of carbonyl (C=O) groups excluding carboxylic acids is 7. The predicted molar refractivity (Wildman–Crippen MR) is 264 cm³/mol. The van der Waals surface area contributed by atoms with Gasteiger partial charge >= 0.3 is 23.9 Å². The van der Waals surface area contributed by atoms with Crippen molar-refractivity contribution in [2.45, 2.75) is 140 Å². The van der Waals surface area contributed by atoms with Crippen LogP contribution in [0.4, 0.5) is 0 Å². The van der Waals surface area contributed by atoms with Crippen molar-refractivity contribution in [2.24, 2.45) is 17.6 Å². The molecule has 1 aliphatic heterocycles. The van der Waals surface area contributed by atoms with Crippen LogP contribution in [-0.4, -0.2) is 150 Å². The van der Waals surface area contributed by atoms with Crippen molar-refractivity contribution >= 4 is 76.1 Å². The zero-order valence-corrected chi connectivity index (χ0v) is 41.6. The molecule has 1 saturated heterocycles. The number of carbonyl (C=O) groups is 11. The van der Waals surface area contributed by atoms with Crippen molar-refractivity contribution in [1.82, 2.24) is 41.8 Å². The largest absolute Gasteiger partial charge is 0.481 e. The van der Waals surface area contributed by atoms with Gasteiger partial charge in [0.15, 0.2) is 0 Å². The smallest absolute Gasteiger partial charge is 0.326 e. The summed E-state index contributed by atoms with van der Waals surface area (Å²) in [6, 6.07) is 4.75. The Labute approximate surface area is 426 Å². The molecule has 0 unspecified atom stereocenters. The third kappa shape index (κ3) is 17.7. The molecule has 13 N–H and O–H groups in total. The van der Waals surface area contributed by atoms with Crippen molar-refractivity contribution in [3.05, 3.63) is 71.9 Å². The van der Waals surface area contributed by atoms with Gasteiger partial charge in [-0.2, -0.15) is 0 Å². The molecule has 8 atom stereocenters. The number of carboxylic acid groups (broad SMARTS) is 4. The average Bonchev–Trinajstić information content (AvgIpc) is 4.00. The molecule has 4 rings (SSSR count). The molecule has 0 bridgehead atoms. The van der Waals surface area contributed by atoms with Gasteiger partial charge in [0.2, 0.25) is 41.4 Å². The quantitative estimate of drug-likeness (QED) is 0.0441. The molecule has 7 amide bonds. The first-order valence-corrected chi connectivity index (χ1v) is 24.3. The van der Waals surface area contributed by atoms with E-state index in [1.165, 1.54) is 4.90 Å². The monoisotopic (exact) mass is 1030 g/mol. The van der Waals surface area contributed by atoms with Crippen molar-refractivity contribution in [2.75, 3.05) is 6.54 Å². The fourth-order valence-corrected chi connectivity index (χ4v) is 8.47. The van der Waals surface area contributed by atoms with Crippen molar-refractivity contribution in [3.63, 3.8) is 0 Å². The van der Waals surface area contributed by atoms with Gasteiger partial charge in [0.05, 0.1) is 12.5 Å². The number of aliphatic carboxylic acids is 4. The molecule has 0 spiro atoms. The number of nitrogens with one attached hydrogen (secondary N) is 7. The maximum atomic E-state index is 14.4. The predicted octanol–water partition coefficient (Wildman–Crippen LogP) is 0.171. The zero-order valence-electron chi connectivity index (χ0n) is 41.6. The standard InChI is InChI=1S/C50H67N9O15/c1-26(2)21-35(46(69)58-42(27(3)4)48(71)53-33(16-18-39(60)61)44(67)57-37(50(73)74)24-41(64)65)56-47(70)38-15-10-20-59(38)49(72)34(17-19-40(62)63)54-45(68)36(22-28-11-6-5-7-12-28)55-43(66)31(51)23-29-25-52-32-14-9-8-13-30(29)32/h5-9,11-14,25-27,31,33-38,42,52H,10,15-24,51H2,1-4H3,(H,53,71)(H,54,68)(H,55,66)(H,56,70)(H,57,67)(H,58,69)(H,60,61)(H,62,63)(H,64,65)(H,73,74)/t31-,33-,34-,35-,36-,37-,38-,42-/m0/s1. The van der Waals surface area contributed by atoms with Gasteiger partial charge in [0, 0.05) is 42.9 Å². The minimum atomic E-state index is -1.92. The summed E-state index contributed by atoms with van der Waals surface area (Å²) in [4.78, 5) is 148. The van der Waals surface area contributed by atoms with Crippen LogP contribution < -0.4 is 37.6 Å². The molecule has 1 aromatic heterocycles. The minimum Gasteiger partial charge on any atom is -0.481 e.